The zero-order valence-electron chi connectivity index (χ0n) is 9.88. The number of hydrogen-bond donors (Lipinski definition) is 1. The average Bonchev–Trinajstić information content (AvgIpc) is 2.28. The summed E-state index contributed by atoms with van der Waals surface area (Å²) in [6.07, 6.45) is 0.778. The highest BCUT2D eigenvalue weighted by atomic mass is 35.5. The number of hydrogen-bond acceptors (Lipinski definition) is 5. The molecular formula is C10H13ClN2O4S. The lowest BCUT2D eigenvalue weighted by atomic mass is 10.3. The molecule has 18 heavy (non-hydrogen) atoms. The first-order chi connectivity index (χ1) is 8.35. The minimum Gasteiger partial charge on any atom is -0.381 e. The summed E-state index contributed by atoms with van der Waals surface area (Å²) in [5.74, 6) is -0.652. The van der Waals surface area contributed by atoms with Crippen LogP contribution in [0.5, 0.6) is 0 Å². The van der Waals surface area contributed by atoms with Crippen molar-refractivity contribution in [2.24, 2.45) is 0 Å². The maximum absolute atomic E-state index is 11.7. The highest BCUT2D eigenvalue weighted by Gasteiger charge is 2.20. The Morgan fingerprint density at radius 2 is 2.22 bits per heavy atom. The molecular weight excluding hydrogens is 280 g/mol. The van der Waals surface area contributed by atoms with E-state index in [1.54, 1.807) is 6.92 Å². The van der Waals surface area contributed by atoms with Gasteiger partial charge in [-0.1, -0.05) is 11.6 Å². The Morgan fingerprint density at radius 3 is 2.72 bits per heavy atom. The molecule has 1 atom stereocenters. The van der Waals surface area contributed by atoms with Crippen LogP contribution in [0, 0.1) is 0 Å². The van der Waals surface area contributed by atoms with Crippen molar-refractivity contribution in [2.75, 3.05) is 7.11 Å². The molecule has 1 amide bonds. The second-order valence-corrected chi connectivity index (χ2v) is 5.66. The first kappa shape index (κ1) is 14.9. The molecule has 0 bridgehead atoms. The van der Waals surface area contributed by atoms with Gasteiger partial charge in [0, 0.05) is 13.3 Å². The van der Waals surface area contributed by atoms with Crippen LogP contribution in [0.3, 0.4) is 0 Å². The highest BCUT2D eigenvalue weighted by Crippen LogP contribution is 2.10. The van der Waals surface area contributed by atoms with E-state index < -0.39 is 15.9 Å². The minimum atomic E-state index is -3.95. The summed E-state index contributed by atoms with van der Waals surface area (Å²) in [6.45, 7) is 1.66. The fourth-order valence-electron chi connectivity index (χ4n) is 1.11. The van der Waals surface area contributed by atoms with Gasteiger partial charge in [-0.2, -0.15) is 8.42 Å². The van der Waals surface area contributed by atoms with Crippen LogP contribution >= 0.6 is 11.6 Å². The Balaban J connectivity index is 2.76. The van der Waals surface area contributed by atoms with Gasteiger partial charge in [-0.15, -0.1) is 0 Å². The summed E-state index contributed by atoms with van der Waals surface area (Å²) in [6, 6.07) is 2.60. The molecule has 8 heteroatoms. The summed E-state index contributed by atoms with van der Waals surface area (Å²) < 4.78 is 30.3. The zero-order chi connectivity index (χ0) is 13.8. The summed E-state index contributed by atoms with van der Waals surface area (Å²) >= 11 is 5.59. The molecule has 1 unspecified atom stereocenters. The molecule has 1 heterocycles. The monoisotopic (exact) mass is 292 g/mol. The smallest absolute Gasteiger partial charge is 0.281 e. The molecule has 0 fully saturated rings. The third-order valence-electron chi connectivity index (χ3n) is 2.10. The quantitative estimate of drug-likeness (QED) is 0.874. The van der Waals surface area contributed by atoms with Crippen molar-refractivity contribution in [1.29, 1.82) is 0 Å². The summed E-state index contributed by atoms with van der Waals surface area (Å²) in [5, 5.41) is 0.0543. The van der Waals surface area contributed by atoms with Crippen molar-refractivity contribution >= 4 is 27.5 Å². The molecule has 6 nitrogen and oxygen atoms in total. The summed E-state index contributed by atoms with van der Waals surface area (Å²) in [7, 11) is -2.52. The SMILES string of the molecule is COC(C)CC(=O)NS(=O)(=O)c1ccc(Cl)cn1. The molecule has 0 aliphatic rings. The number of sulfonamides is 1. The fraction of sp³-hybridized carbons (Fsp3) is 0.400. The number of methoxy groups -OCH3 is 1. The van der Waals surface area contributed by atoms with Crippen molar-refractivity contribution in [3.63, 3.8) is 0 Å². The van der Waals surface area contributed by atoms with Crippen LogP contribution in [-0.2, 0) is 19.6 Å². The van der Waals surface area contributed by atoms with E-state index in [-0.39, 0.29) is 17.6 Å². The van der Waals surface area contributed by atoms with Gasteiger partial charge in [0.2, 0.25) is 5.91 Å². The number of halogens is 1. The van der Waals surface area contributed by atoms with Crippen LogP contribution in [0.1, 0.15) is 13.3 Å². The number of aromatic nitrogens is 1. The van der Waals surface area contributed by atoms with Gasteiger partial charge >= 0.3 is 0 Å². The van der Waals surface area contributed by atoms with Gasteiger partial charge in [-0.05, 0) is 19.1 Å². The molecule has 100 valence electrons. The topological polar surface area (TPSA) is 85.4 Å². The lowest BCUT2D eigenvalue weighted by molar-refractivity contribution is -0.121. The van der Waals surface area contributed by atoms with Gasteiger partial charge < -0.3 is 4.74 Å². The first-order valence-electron chi connectivity index (χ1n) is 5.05. The normalized spacial score (nSPS) is 13.1. The Hall–Kier alpha value is -1.18. The zero-order valence-corrected chi connectivity index (χ0v) is 11.5. The number of nitrogens with one attached hydrogen (secondary N) is 1. The molecule has 0 spiro atoms. The third kappa shape index (κ3) is 4.25. The molecule has 1 aromatic rings. The van der Waals surface area contributed by atoms with E-state index in [2.05, 4.69) is 4.98 Å². The van der Waals surface area contributed by atoms with E-state index in [4.69, 9.17) is 16.3 Å². The number of ether oxygens (including phenoxy) is 1. The number of nitrogens with zero attached hydrogens (tertiary/aromatic N) is 1. The molecule has 0 saturated carbocycles. The molecule has 0 saturated heterocycles. The maximum Gasteiger partial charge on any atom is 0.281 e. The average molecular weight is 293 g/mol. The standard InChI is InChI=1S/C10H13ClN2O4S/c1-7(17-2)5-9(14)13-18(15,16)10-4-3-8(11)6-12-10/h3-4,6-7H,5H2,1-2H3,(H,13,14). The van der Waals surface area contributed by atoms with Crippen molar-refractivity contribution in [3.8, 4) is 0 Å². The van der Waals surface area contributed by atoms with E-state index in [1.807, 2.05) is 4.72 Å². The van der Waals surface area contributed by atoms with Crippen LogP contribution in [0.25, 0.3) is 0 Å². The molecule has 0 aromatic carbocycles. The summed E-state index contributed by atoms with van der Waals surface area (Å²) in [5.41, 5.74) is 0. The van der Waals surface area contributed by atoms with Gasteiger partial charge in [-0.25, -0.2) is 9.71 Å². The molecule has 1 aromatic heterocycles. The number of amides is 1. The minimum absolute atomic E-state index is 0.0523. The van der Waals surface area contributed by atoms with Crippen molar-refractivity contribution in [3.05, 3.63) is 23.4 Å². The van der Waals surface area contributed by atoms with Crippen LogP contribution in [-0.4, -0.2) is 32.5 Å². The third-order valence-corrected chi connectivity index (χ3v) is 3.61. The lowest BCUT2D eigenvalue weighted by Gasteiger charge is -2.09. The van der Waals surface area contributed by atoms with Crippen LogP contribution < -0.4 is 4.72 Å². The number of carbonyl (C=O) groups is 1. The Bertz CT molecular complexity index is 515. The fourth-order valence-corrected chi connectivity index (χ4v) is 2.15. The van der Waals surface area contributed by atoms with E-state index in [1.165, 1.54) is 25.4 Å². The molecule has 1 N–H and O–H groups in total. The van der Waals surface area contributed by atoms with E-state index >= 15 is 0 Å². The highest BCUT2D eigenvalue weighted by molar-refractivity contribution is 7.90. The Morgan fingerprint density at radius 1 is 1.56 bits per heavy atom. The lowest BCUT2D eigenvalue weighted by Crippen LogP contribution is -2.33. The van der Waals surface area contributed by atoms with Crippen LogP contribution in [0.4, 0.5) is 0 Å². The molecule has 0 aliphatic carbocycles. The molecule has 0 aliphatic heterocycles. The number of rotatable bonds is 5. The van der Waals surface area contributed by atoms with Gasteiger partial charge in [0.1, 0.15) is 0 Å². The van der Waals surface area contributed by atoms with E-state index in [9.17, 15) is 13.2 Å². The Labute approximate surface area is 110 Å². The van der Waals surface area contributed by atoms with Crippen molar-refractivity contribution < 1.29 is 17.9 Å². The number of pyridine rings is 1. The van der Waals surface area contributed by atoms with Crippen molar-refractivity contribution in [1.82, 2.24) is 9.71 Å². The largest absolute Gasteiger partial charge is 0.381 e. The predicted octanol–water partition coefficient (Wildman–Crippen LogP) is 0.965. The predicted molar refractivity (Wildman–Crippen MR) is 65.7 cm³/mol. The van der Waals surface area contributed by atoms with Gasteiger partial charge in [-0.3, -0.25) is 4.79 Å². The van der Waals surface area contributed by atoms with Gasteiger partial charge in [0.05, 0.1) is 17.5 Å². The number of carbonyl (C=O) groups excluding carboxylic acids is 1. The second-order valence-electron chi connectivity index (χ2n) is 3.59. The second kappa shape index (κ2) is 6.12. The first-order valence-corrected chi connectivity index (χ1v) is 6.91. The van der Waals surface area contributed by atoms with E-state index in [0.717, 1.165) is 0 Å². The molecule has 1 rings (SSSR count). The Kier molecular flexibility index (Phi) is 5.06. The van der Waals surface area contributed by atoms with Gasteiger partial charge in [0.25, 0.3) is 10.0 Å². The van der Waals surface area contributed by atoms with Crippen LogP contribution in [0.15, 0.2) is 23.4 Å². The van der Waals surface area contributed by atoms with Crippen molar-refractivity contribution in [2.45, 2.75) is 24.5 Å². The molecule has 0 radical (unpaired) electrons. The maximum atomic E-state index is 11.7. The summed E-state index contributed by atoms with van der Waals surface area (Å²) in [4.78, 5) is 15.1. The van der Waals surface area contributed by atoms with Gasteiger partial charge in [0.15, 0.2) is 5.03 Å². The van der Waals surface area contributed by atoms with E-state index in [0.29, 0.717) is 5.02 Å². The van der Waals surface area contributed by atoms with Crippen LogP contribution in [0.2, 0.25) is 5.02 Å².